The minimum Gasteiger partial charge on any atom is -0.469 e. The van der Waals surface area contributed by atoms with Gasteiger partial charge in [0, 0.05) is 0 Å². The lowest BCUT2D eigenvalue weighted by molar-refractivity contribution is -0.140. The summed E-state index contributed by atoms with van der Waals surface area (Å²) in [6, 6.07) is 0. The summed E-state index contributed by atoms with van der Waals surface area (Å²) in [6.07, 6.45) is -1.02. The van der Waals surface area contributed by atoms with E-state index < -0.39 is 33.0 Å². The number of ether oxygens (including phenoxy) is 1. The van der Waals surface area contributed by atoms with Gasteiger partial charge in [-0.3, -0.25) is 13.9 Å². The molecule has 14 heavy (non-hydrogen) atoms. The SMILES string of the molecule is COC(=O)CC(P(=O)(O)O)P(=O)(O)O. The van der Waals surface area contributed by atoms with Crippen molar-refractivity contribution in [1.29, 1.82) is 0 Å². The summed E-state index contributed by atoms with van der Waals surface area (Å²) in [6.45, 7) is 0. The Hall–Kier alpha value is -0.230. The van der Waals surface area contributed by atoms with Crippen LogP contribution in [-0.4, -0.2) is 38.1 Å². The van der Waals surface area contributed by atoms with Crippen molar-refractivity contribution < 1.29 is 38.2 Å². The lowest BCUT2D eigenvalue weighted by Crippen LogP contribution is -2.15. The van der Waals surface area contributed by atoms with Crippen molar-refractivity contribution in [3.8, 4) is 0 Å². The van der Waals surface area contributed by atoms with Crippen LogP contribution in [-0.2, 0) is 18.7 Å². The third-order valence-electron chi connectivity index (χ3n) is 1.35. The molecular weight excluding hydrogens is 238 g/mol. The fourth-order valence-corrected chi connectivity index (χ4v) is 3.01. The molecule has 84 valence electrons. The van der Waals surface area contributed by atoms with Gasteiger partial charge in [-0.25, -0.2) is 0 Å². The Morgan fingerprint density at radius 2 is 1.57 bits per heavy atom. The van der Waals surface area contributed by atoms with Crippen LogP contribution in [0.25, 0.3) is 0 Å². The van der Waals surface area contributed by atoms with Gasteiger partial charge in [0.05, 0.1) is 13.5 Å². The molecule has 0 radical (unpaired) electrons. The minimum atomic E-state index is -5.03. The summed E-state index contributed by atoms with van der Waals surface area (Å²) in [4.78, 5) is 44.9. The van der Waals surface area contributed by atoms with Crippen molar-refractivity contribution in [2.75, 3.05) is 7.11 Å². The number of rotatable bonds is 4. The van der Waals surface area contributed by atoms with Gasteiger partial charge in [0.15, 0.2) is 5.40 Å². The highest BCUT2D eigenvalue weighted by Gasteiger charge is 2.44. The Morgan fingerprint density at radius 1 is 1.21 bits per heavy atom. The van der Waals surface area contributed by atoms with Crippen LogP contribution in [0.5, 0.6) is 0 Å². The monoisotopic (exact) mass is 248 g/mol. The Balaban J connectivity index is 4.87. The first-order valence-electron chi connectivity index (χ1n) is 3.26. The number of hydrogen-bond acceptors (Lipinski definition) is 4. The van der Waals surface area contributed by atoms with E-state index >= 15 is 0 Å². The lowest BCUT2D eigenvalue weighted by Gasteiger charge is -2.17. The first kappa shape index (κ1) is 13.8. The van der Waals surface area contributed by atoms with Gasteiger partial charge in [-0.05, 0) is 0 Å². The van der Waals surface area contributed by atoms with Gasteiger partial charge in [0.25, 0.3) is 0 Å². The van der Waals surface area contributed by atoms with Gasteiger partial charge < -0.3 is 24.3 Å². The average Bonchev–Trinajstić information content (AvgIpc) is 1.95. The van der Waals surface area contributed by atoms with Crippen LogP contribution in [0.4, 0.5) is 0 Å². The third-order valence-corrected chi connectivity index (χ3v) is 5.08. The summed E-state index contributed by atoms with van der Waals surface area (Å²) in [7, 11) is -9.11. The molecule has 0 fully saturated rings. The average molecular weight is 248 g/mol. The predicted molar refractivity (Wildman–Crippen MR) is 44.5 cm³/mol. The molecule has 0 spiro atoms. The van der Waals surface area contributed by atoms with Gasteiger partial charge in [-0.1, -0.05) is 0 Å². The maximum atomic E-state index is 10.6. The van der Waals surface area contributed by atoms with Gasteiger partial charge in [-0.2, -0.15) is 0 Å². The number of carbonyl (C=O) groups is 1. The first-order valence-corrected chi connectivity index (χ1v) is 6.62. The van der Waals surface area contributed by atoms with E-state index in [1.54, 1.807) is 0 Å². The number of esters is 1. The molecule has 0 unspecified atom stereocenters. The molecule has 0 aromatic rings. The van der Waals surface area contributed by atoms with E-state index in [0.717, 1.165) is 7.11 Å². The molecule has 0 amide bonds. The quantitative estimate of drug-likeness (QED) is 0.375. The fraction of sp³-hybridized carbons (Fsp3) is 0.750. The van der Waals surface area contributed by atoms with Crippen molar-refractivity contribution in [2.45, 2.75) is 11.8 Å². The lowest BCUT2D eigenvalue weighted by atomic mass is 10.5. The Bertz CT molecular complexity index is 276. The molecule has 0 saturated heterocycles. The largest absolute Gasteiger partial charge is 0.469 e. The van der Waals surface area contributed by atoms with Crippen LogP contribution in [0.1, 0.15) is 6.42 Å². The smallest absolute Gasteiger partial charge is 0.341 e. The van der Waals surface area contributed by atoms with E-state index in [9.17, 15) is 13.9 Å². The summed E-state index contributed by atoms with van der Waals surface area (Å²) >= 11 is 0. The van der Waals surface area contributed by atoms with Gasteiger partial charge >= 0.3 is 21.2 Å². The third kappa shape index (κ3) is 4.32. The maximum Gasteiger partial charge on any atom is 0.341 e. The molecule has 0 atom stereocenters. The van der Waals surface area contributed by atoms with Crippen LogP contribution in [0.15, 0.2) is 0 Å². The molecule has 0 aliphatic rings. The first-order chi connectivity index (χ1) is 6.09. The molecule has 8 nitrogen and oxygen atoms in total. The zero-order valence-electron chi connectivity index (χ0n) is 7.10. The molecule has 0 aliphatic heterocycles. The van der Waals surface area contributed by atoms with E-state index in [4.69, 9.17) is 19.6 Å². The molecule has 10 heteroatoms. The maximum absolute atomic E-state index is 10.6. The van der Waals surface area contributed by atoms with E-state index in [2.05, 4.69) is 4.74 Å². The highest BCUT2D eigenvalue weighted by molar-refractivity contribution is 7.70. The molecule has 0 heterocycles. The van der Waals surface area contributed by atoms with Crippen molar-refractivity contribution in [2.24, 2.45) is 0 Å². The van der Waals surface area contributed by atoms with Crippen LogP contribution in [0, 0.1) is 0 Å². The van der Waals surface area contributed by atoms with E-state index in [1.807, 2.05) is 0 Å². The molecule has 0 saturated carbocycles. The zero-order chi connectivity index (χ0) is 11.6. The molecule has 0 rings (SSSR count). The van der Waals surface area contributed by atoms with E-state index in [1.165, 1.54) is 0 Å². The van der Waals surface area contributed by atoms with Gasteiger partial charge in [0.1, 0.15) is 0 Å². The second kappa shape index (κ2) is 4.53. The molecule has 0 aliphatic carbocycles. The second-order valence-electron chi connectivity index (χ2n) is 2.44. The highest BCUT2D eigenvalue weighted by atomic mass is 31.2. The summed E-state index contributed by atoms with van der Waals surface area (Å²) in [5.74, 6) is -1.10. The molecule has 0 bridgehead atoms. The normalized spacial score (nSPS) is 13.0. The summed E-state index contributed by atoms with van der Waals surface area (Å²) < 4.78 is 25.3. The highest BCUT2D eigenvalue weighted by Crippen LogP contribution is 2.61. The Morgan fingerprint density at radius 3 is 1.79 bits per heavy atom. The van der Waals surface area contributed by atoms with Crippen LogP contribution < -0.4 is 0 Å². The van der Waals surface area contributed by atoms with Crippen molar-refractivity contribution >= 4 is 21.2 Å². The Kier molecular flexibility index (Phi) is 4.45. The summed E-state index contributed by atoms with van der Waals surface area (Å²) in [5, 5.41) is -2.33. The fourth-order valence-electron chi connectivity index (χ4n) is 0.666. The number of methoxy groups -OCH3 is 1. The van der Waals surface area contributed by atoms with E-state index in [0.29, 0.717) is 0 Å². The zero-order valence-corrected chi connectivity index (χ0v) is 8.89. The molecular formula is C4H10O8P2. The van der Waals surface area contributed by atoms with Gasteiger partial charge in [0.2, 0.25) is 0 Å². The van der Waals surface area contributed by atoms with Crippen LogP contribution in [0.3, 0.4) is 0 Å². The number of carbonyl (C=O) groups excluding carboxylic acids is 1. The van der Waals surface area contributed by atoms with Crippen molar-refractivity contribution in [1.82, 2.24) is 0 Å². The summed E-state index contributed by atoms with van der Waals surface area (Å²) in [5.41, 5.74) is 0. The van der Waals surface area contributed by atoms with Crippen molar-refractivity contribution in [3.05, 3.63) is 0 Å². The topological polar surface area (TPSA) is 141 Å². The molecule has 0 aromatic heterocycles. The van der Waals surface area contributed by atoms with Crippen molar-refractivity contribution in [3.63, 3.8) is 0 Å². The molecule has 4 N–H and O–H groups in total. The number of hydrogen-bond donors (Lipinski definition) is 4. The minimum absolute atomic E-state index is 0.943. The molecule has 0 aromatic carbocycles. The predicted octanol–water partition coefficient (Wildman–Crippen LogP) is -0.769. The van der Waals surface area contributed by atoms with Gasteiger partial charge in [-0.15, -0.1) is 0 Å². The van der Waals surface area contributed by atoms with Crippen LogP contribution >= 0.6 is 15.2 Å². The van der Waals surface area contributed by atoms with Crippen LogP contribution in [0.2, 0.25) is 0 Å². The second-order valence-corrected chi connectivity index (χ2v) is 6.45. The standard InChI is InChI=1S/C4H10O8P2/c1-12-3(5)2-4(13(6,7)8)14(9,10)11/h4H,2H2,1H3,(H2,6,7,8)(H2,9,10,11). The Labute approximate surface area is 79.2 Å². The van der Waals surface area contributed by atoms with E-state index in [-0.39, 0.29) is 0 Å².